The van der Waals surface area contributed by atoms with Gasteiger partial charge in [-0.15, -0.1) is 0 Å². The summed E-state index contributed by atoms with van der Waals surface area (Å²) < 4.78 is 63.5. The molecule has 1 aromatic carbocycles. The summed E-state index contributed by atoms with van der Waals surface area (Å²) in [5, 5.41) is 9.75. The number of methoxy groups -OCH3 is 1. The number of aliphatic hydroxyl groups excluding tert-OH is 1. The van der Waals surface area contributed by atoms with Crippen LogP contribution in [-0.2, 0) is 9.47 Å². The summed E-state index contributed by atoms with van der Waals surface area (Å²) in [6.07, 6.45) is -4.54. The van der Waals surface area contributed by atoms with E-state index in [-0.39, 0.29) is 7.43 Å². The van der Waals surface area contributed by atoms with Crippen molar-refractivity contribution in [3.05, 3.63) is 34.4 Å². The van der Waals surface area contributed by atoms with Gasteiger partial charge in [0.2, 0.25) is 0 Å². The van der Waals surface area contributed by atoms with Crippen molar-refractivity contribution < 1.29 is 32.1 Å². The number of ether oxygens (including phenoxy) is 2. The third-order valence-electron chi connectivity index (χ3n) is 3.42. The molecule has 2 heterocycles. The minimum absolute atomic E-state index is 0. The Morgan fingerprint density at radius 1 is 0.952 bits per heavy atom. The van der Waals surface area contributed by atoms with Crippen molar-refractivity contribution in [2.45, 2.75) is 31.8 Å². The molecule has 1 saturated heterocycles. The summed E-state index contributed by atoms with van der Waals surface area (Å²) in [5.74, 6) is -6.80. The average Bonchev–Trinajstić information content (AvgIpc) is 3.00. The quantitative estimate of drug-likeness (QED) is 0.473. The van der Waals surface area contributed by atoms with Gasteiger partial charge in [-0.05, 0) is 7.05 Å². The molecule has 3 rings (SSSR count). The normalized spacial score (nSPS) is 28.6. The Labute approximate surface area is 119 Å². The van der Waals surface area contributed by atoms with E-state index in [9.17, 15) is 22.7 Å². The lowest BCUT2D eigenvalue weighted by molar-refractivity contribution is -0.0135. The van der Waals surface area contributed by atoms with Crippen LogP contribution >= 0.6 is 0 Å². The van der Waals surface area contributed by atoms with Crippen LogP contribution in [0, 0.1) is 23.3 Å². The minimum atomic E-state index is -1.90. The summed E-state index contributed by atoms with van der Waals surface area (Å²) >= 11 is 0. The van der Waals surface area contributed by atoms with Gasteiger partial charge in [0.1, 0.15) is 24.4 Å². The fraction of sp³-hybridized carbons (Fsp3) is 0.538. The number of benzene rings is 1. The third-order valence-corrected chi connectivity index (χ3v) is 3.42. The highest BCUT2D eigenvalue weighted by Crippen LogP contribution is 2.54. The Morgan fingerprint density at radius 2 is 1.38 bits per heavy atom. The highest BCUT2D eigenvalue weighted by Gasteiger charge is 2.56. The Hall–Kier alpha value is -1.22. The van der Waals surface area contributed by atoms with Gasteiger partial charge in [0, 0.05) is 18.2 Å². The molecule has 8 heteroatoms. The maximum absolute atomic E-state index is 13.6. The fourth-order valence-electron chi connectivity index (χ4n) is 2.62. The zero-order valence-electron chi connectivity index (χ0n) is 10.7. The number of hydrogen-bond donors (Lipinski definition) is 2. The number of aliphatic hydroxyl groups is 1. The topological polar surface area (TPSA) is 64.7 Å². The van der Waals surface area contributed by atoms with E-state index in [4.69, 9.17) is 9.47 Å². The average molecular weight is 311 g/mol. The van der Waals surface area contributed by atoms with Crippen molar-refractivity contribution in [3.63, 3.8) is 0 Å². The molecule has 0 aromatic heterocycles. The summed E-state index contributed by atoms with van der Waals surface area (Å²) in [6.45, 7) is 0. The molecule has 2 bridgehead atoms. The van der Waals surface area contributed by atoms with Crippen LogP contribution in [0.5, 0.6) is 0 Å². The highest BCUT2D eigenvalue weighted by atomic mass is 19.2. The highest BCUT2D eigenvalue weighted by molar-refractivity contribution is 5.43. The van der Waals surface area contributed by atoms with Gasteiger partial charge in [-0.3, -0.25) is 0 Å². The molecule has 4 atom stereocenters. The van der Waals surface area contributed by atoms with Crippen molar-refractivity contribution in [3.8, 4) is 0 Å². The first-order valence-corrected chi connectivity index (χ1v) is 5.78. The first kappa shape index (κ1) is 17.8. The second kappa shape index (κ2) is 6.27. The number of halogens is 4. The fourth-order valence-corrected chi connectivity index (χ4v) is 2.62. The van der Waals surface area contributed by atoms with Gasteiger partial charge in [0.25, 0.3) is 0 Å². The SMILES string of the molecule is C.CN.CO[C@H]1C(O)C2O[C@H]1c1c(F)c(F)c(F)c(F)c12. The minimum Gasteiger partial charge on any atom is -0.387 e. The van der Waals surface area contributed by atoms with Crippen LogP contribution in [0.4, 0.5) is 17.6 Å². The Balaban J connectivity index is 0.000000706. The standard InChI is InChI=1S/C11H8F4O3.CH5N.CH4/c1-17-11-8(16)9-2-3(10(11)18-9)5(13)7(15)6(14)4(2)12;1-2;/h8-11,16H,1H3;2H2,1H3;1H4/t8?,9?,10-,11-;;/m0../s1. The summed E-state index contributed by atoms with van der Waals surface area (Å²) in [5.41, 5.74) is 3.63. The maximum Gasteiger partial charge on any atom is 0.197 e. The van der Waals surface area contributed by atoms with Gasteiger partial charge in [0.05, 0.1) is 0 Å². The molecule has 0 aliphatic carbocycles. The second-order valence-electron chi connectivity index (χ2n) is 4.25. The van der Waals surface area contributed by atoms with Crippen LogP contribution < -0.4 is 5.73 Å². The lowest BCUT2D eigenvalue weighted by Crippen LogP contribution is -2.34. The van der Waals surface area contributed by atoms with Gasteiger partial charge in [0.15, 0.2) is 23.3 Å². The number of rotatable bonds is 1. The van der Waals surface area contributed by atoms with Gasteiger partial charge >= 0.3 is 0 Å². The molecule has 1 aromatic rings. The molecule has 1 fully saturated rings. The van der Waals surface area contributed by atoms with Crippen LogP contribution in [0.3, 0.4) is 0 Å². The predicted molar refractivity (Wildman–Crippen MR) is 66.5 cm³/mol. The first-order valence-electron chi connectivity index (χ1n) is 5.78. The summed E-state index contributed by atoms with van der Waals surface area (Å²) in [7, 11) is 2.76. The van der Waals surface area contributed by atoms with Crippen molar-refractivity contribution in [2.24, 2.45) is 5.73 Å². The number of fused-ring (bicyclic) bond motifs is 5. The van der Waals surface area contributed by atoms with E-state index in [1.165, 1.54) is 14.2 Å². The van der Waals surface area contributed by atoms with Crippen molar-refractivity contribution in [2.75, 3.05) is 14.2 Å². The molecule has 21 heavy (non-hydrogen) atoms. The van der Waals surface area contributed by atoms with E-state index >= 15 is 0 Å². The molecule has 3 N–H and O–H groups in total. The van der Waals surface area contributed by atoms with Crippen LogP contribution in [0.25, 0.3) is 0 Å². The van der Waals surface area contributed by atoms with E-state index < -0.39 is 58.8 Å². The smallest absolute Gasteiger partial charge is 0.197 e. The summed E-state index contributed by atoms with van der Waals surface area (Å²) in [6, 6.07) is 0. The predicted octanol–water partition coefficient (Wildman–Crippen LogP) is 1.96. The lowest BCUT2D eigenvalue weighted by atomic mass is 9.86. The molecule has 0 spiro atoms. The Kier molecular flexibility index (Phi) is 5.32. The maximum atomic E-state index is 13.6. The van der Waals surface area contributed by atoms with E-state index in [1.807, 2.05) is 0 Å². The van der Waals surface area contributed by atoms with Crippen molar-refractivity contribution in [1.29, 1.82) is 0 Å². The van der Waals surface area contributed by atoms with E-state index in [0.717, 1.165) is 0 Å². The van der Waals surface area contributed by atoms with Crippen molar-refractivity contribution in [1.82, 2.24) is 0 Å². The Morgan fingerprint density at radius 3 is 1.81 bits per heavy atom. The van der Waals surface area contributed by atoms with Gasteiger partial charge in [-0.25, -0.2) is 17.6 Å². The molecule has 0 radical (unpaired) electrons. The van der Waals surface area contributed by atoms with Gasteiger partial charge in [-0.2, -0.15) is 0 Å². The molecule has 2 unspecified atom stereocenters. The Bertz CT molecular complexity index is 541. The third kappa shape index (κ3) is 2.22. The van der Waals surface area contributed by atoms with E-state index in [2.05, 4.69) is 5.73 Å². The van der Waals surface area contributed by atoms with Crippen LogP contribution in [0.15, 0.2) is 0 Å². The van der Waals surface area contributed by atoms with Crippen molar-refractivity contribution >= 4 is 0 Å². The molecular weight excluding hydrogens is 294 g/mol. The van der Waals surface area contributed by atoms with Crippen LogP contribution in [0.2, 0.25) is 0 Å². The first-order chi connectivity index (χ1) is 9.49. The molecule has 2 aliphatic rings. The summed E-state index contributed by atoms with van der Waals surface area (Å²) in [4.78, 5) is 0. The second-order valence-corrected chi connectivity index (χ2v) is 4.25. The molecule has 0 amide bonds. The zero-order valence-corrected chi connectivity index (χ0v) is 10.7. The lowest BCUT2D eigenvalue weighted by Gasteiger charge is -2.25. The zero-order chi connectivity index (χ0) is 15.2. The van der Waals surface area contributed by atoms with Crippen LogP contribution in [0.1, 0.15) is 30.8 Å². The molecular formula is C13H17F4NO3. The van der Waals surface area contributed by atoms with Gasteiger partial charge in [-0.1, -0.05) is 7.43 Å². The molecule has 0 saturated carbocycles. The number of hydrogen-bond acceptors (Lipinski definition) is 4. The molecule has 4 nitrogen and oxygen atoms in total. The number of nitrogens with two attached hydrogens (primary N) is 1. The molecule has 120 valence electrons. The largest absolute Gasteiger partial charge is 0.387 e. The van der Waals surface area contributed by atoms with E-state index in [1.54, 1.807) is 0 Å². The van der Waals surface area contributed by atoms with Gasteiger partial charge < -0.3 is 20.3 Å². The van der Waals surface area contributed by atoms with Crippen LogP contribution in [-0.4, -0.2) is 31.5 Å². The van der Waals surface area contributed by atoms with E-state index in [0.29, 0.717) is 0 Å². The monoisotopic (exact) mass is 311 g/mol. The molecule has 2 aliphatic heterocycles.